The van der Waals surface area contributed by atoms with Crippen LogP contribution in [0.2, 0.25) is 0 Å². The summed E-state index contributed by atoms with van der Waals surface area (Å²) < 4.78 is 11.7. The van der Waals surface area contributed by atoms with Crippen LogP contribution in [0.15, 0.2) is 52.1 Å². The molecule has 6 nitrogen and oxygen atoms in total. The number of nitrogens with one attached hydrogen (secondary N) is 1. The van der Waals surface area contributed by atoms with Crippen molar-refractivity contribution >= 4 is 10.9 Å². The SMILES string of the molecule is COc1ccc2[nH]c(=O)n(Cc3ccccc3)c(=O)c2c1OC. The highest BCUT2D eigenvalue weighted by molar-refractivity contribution is 5.87. The molecule has 0 aliphatic heterocycles. The minimum Gasteiger partial charge on any atom is -0.493 e. The lowest BCUT2D eigenvalue weighted by Gasteiger charge is -2.12. The van der Waals surface area contributed by atoms with Gasteiger partial charge in [-0.15, -0.1) is 0 Å². The monoisotopic (exact) mass is 312 g/mol. The molecule has 0 saturated carbocycles. The third-order valence-corrected chi connectivity index (χ3v) is 3.67. The fraction of sp³-hybridized carbons (Fsp3) is 0.176. The zero-order chi connectivity index (χ0) is 16.4. The molecule has 2 aromatic carbocycles. The molecular weight excluding hydrogens is 296 g/mol. The number of benzene rings is 2. The number of aromatic nitrogens is 2. The summed E-state index contributed by atoms with van der Waals surface area (Å²) in [5.41, 5.74) is 0.408. The number of aromatic amines is 1. The lowest BCUT2D eigenvalue weighted by Crippen LogP contribution is -2.35. The summed E-state index contributed by atoms with van der Waals surface area (Å²) in [4.78, 5) is 27.8. The molecule has 0 radical (unpaired) electrons. The number of fused-ring (bicyclic) bond motifs is 1. The molecule has 3 rings (SSSR count). The molecule has 0 unspecified atom stereocenters. The van der Waals surface area contributed by atoms with Crippen molar-refractivity contribution < 1.29 is 9.47 Å². The van der Waals surface area contributed by atoms with Crippen LogP contribution in [0, 0.1) is 0 Å². The smallest absolute Gasteiger partial charge is 0.329 e. The molecule has 118 valence electrons. The van der Waals surface area contributed by atoms with Gasteiger partial charge in [0.1, 0.15) is 5.39 Å². The fourth-order valence-corrected chi connectivity index (χ4v) is 2.56. The van der Waals surface area contributed by atoms with Crippen LogP contribution in [-0.2, 0) is 6.54 Å². The Morgan fingerprint density at radius 1 is 1.00 bits per heavy atom. The first-order valence-corrected chi connectivity index (χ1v) is 7.07. The zero-order valence-corrected chi connectivity index (χ0v) is 12.8. The van der Waals surface area contributed by atoms with Gasteiger partial charge in [0.05, 0.1) is 26.3 Å². The molecule has 1 heterocycles. The summed E-state index contributed by atoms with van der Waals surface area (Å²) in [6, 6.07) is 12.6. The van der Waals surface area contributed by atoms with Gasteiger partial charge in [0.15, 0.2) is 11.5 Å². The molecule has 1 aromatic heterocycles. The molecule has 1 N–H and O–H groups in total. The molecule has 3 aromatic rings. The molecule has 0 spiro atoms. The number of hydrogen-bond acceptors (Lipinski definition) is 4. The minimum absolute atomic E-state index is 0.186. The zero-order valence-electron chi connectivity index (χ0n) is 12.8. The largest absolute Gasteiger partial charge is 0.493 e. The standard InChI is InChI=1S/C17H16N2O4/c1-22-13-9-8-12-14(15(13)23-2)16(20)19(17(21)18-12)10-11-6-4-3-5-7-11/h3-9H,10H2,1-2H3,(H,18,21). The van der Waals surface area contributed by atoms with Crippen molar-refractivity contribution in [2.75, 3.05) is 14.2 Å². The van der Waals surface area contributed by atoms with E-state index in [1.54, 1.807) is 12.1 Å². The third-order valence-electron chi connectivity index (χ3n) is 3.67. The Kier molecular flexibility index (Phi) is 3.89. The van der Waals surface area contributed by atoms with E-state index in [9.17, 15) is 9.59 Å². The van der Waals surface area contributed by atoms with Gasteiger partial charge in [0.2, 0.25) is 0 Å². The first kappa shape index (κ1) is 14.9. The topological polar surface area (TPSA) is 73.3 Å². The molecule has 0 fully saturated rings. The van der Waals surface area contributed by atoms with Gasteiger partial charge in [0.25, 0.3) is 5.56 Å². The van der Waals surface area contributed by atoms with E-state index in [0.29, 0.717) is 22.4 Å². The second kappa shape index (κ2) is 6.00. The van der Waals surface area contributed by atoms with Crippen LogP contribution in [0.4, 0.5) is 0 Å². The second-order valence-electron chi connectivity index (χ2n) is 5.03. The maximum Gasteiger partial charge on any atom is 0.329 e. The Morgan fingerprint density at radius 3 is 2.39 bits per heavy atom. The Bertz CT molecular complexity index is 958. The number of nitrogens with zero attached hydrogens (tertiary/aromatic N) is 1. The predicted octanol–water partition coefficient (Wildman–Crippen LogP) is 1.76. The lowest BCUT2D eigenvalue weighted by atomic mass is 10.2. The first-order chi connectivity index (χ1) is 11.2. The maximum absolute atomic E-state index is 12.8. The van der Waals surface area contributed by atoms with Gasteiger partial charge >= 0.3 is 5.69 Å². The van der Waals surface area contributed by atoms with Crippen molar-refractivity contribution in [1.29, 1.82) is 0 Å². The van der Waals surface area contributed by atoms with E-state index < -0.39 is 11.2 Å². The highest BCUT2D eigenvalue weighted by Crippen LogP contribution is 2.31. The summed E-state index contributed by atoms with van der Waals surface area (Å²) in [7, 11) is 2.96. The average molecular weight is 312 g/mol. The van der Waals surface area contributed by atoms with Gasteiger partial charge in [-0.1, -0.05) is 30.3 Å². The number of rotatable bonds is 4. The van der Waals surface area contributed by atoms with Crippen molar-refractivity contribution in [3.63, 3.8) is 0 Å². The van der Waals surface area contributed by atoms with E-state index >= 15 is 0 Å². The van der Waals surface area contributed by atoms with Crippen molar-refractivity contribution in [1.82, 2.24) is 9.55 Å². The van der Waals surface area contributed by atoms with Crippen molar-refractivity contribution in [2.45, 2.75) is 6.54 Å². The molecular formula is C17H16N2O4. The van der Waals surface area contributed by atoms with E-state index in [0.717, 1.165) is 10.1 Å². The number of methoxy groups -OCH3 is 2. The first-order valence-electron chi connectivity index (χ1n) is 7.07. The Labute approximate surface area is 131 Å². The summed E-state index contributed by atoms with van der Waals surface area (Å²) in [5, 5.41) is 0.294. The molecule has 0 atom stereocenters. The fourth-order valence-electron chi connectivity index (χ4n) is 2.56. The summed E-state index contributed by atoms with van der Waals surface area (Å²) in [5.74, 6) is 0.753. The minimum atomic E-state index is -0.460. The van der Waals surface area contributed by atoms with Crippen molar-refractivity contribution in [3.05, 3.63) is 68.9 Å². The van der Waals surface area contributed by atoms with Crippen LogP contribution < -0.4 is 20.7 Å². The Morgan fingerprint density at radius 2 is 1.74 bits per heavy atom. The highest BCUT2D eigenvalue weighted by atomic mass is 16.5. The van der Waals surface area contributed by atoms with Gasteiger partial charge in [-0.05, 0) is 17.7 Å². The third kappa shape index (κ3) is 2.59. The van der Waals surface area contributed by atoms with Crippen LogP contribution >= 0.6 is 0 Å². The summed E-state index contributed by atoms with van der Waals surface area (Å²) in [6.07, 6.45) is 0. The van der Waals surface area contributed by atoms with Crippen LogP contribution in [0.25, 0.3) is 10.9 Å². The van der Waals surface area contributed by atoms with E-state index in [1.807, 2.05) is 30.3 Å². The van der Waals surface area contributed by atoms with E-state index in [-0.39, 0.29) is 6.54 Å². The van der Waals surface area contributed by atoms with Crippen LogP contribution in [0.3, 0.4) is 0 Å². The predicted molar refractivity (Wildman–Crippen MR) is 87.5 cm³/mol. The molecule has 0 aliphatic carbocycles. The molecule has 6 heteroatoms. The quantitative estimate of drug-likeness (QED) is 0.796. The van der Waals surface area contributed by atoms with Gasteiger partial charge in [-0.25, -0.2) is 4.79 Å². The Hall–Kier alpha value is -3.02. The van der Waals surface area contributed by atoms with Crippen molar-refractivity contribution in [3.8, 4) is 11.5 Å². The number of hydrogen-bond donors (Lipinski definition) is 1. The number of H-pyrrole nitrogens is 1. The maximum atomic E-state index is 12.8. The summed E-state index contributed by atoms with van der Waals surface area (Å²) in [6.45, 7) is 0.186. The van der Waals surface area contributed by atoms with Crippen LogP contribution in [0.1, 0.15) is 5.56 Å². The molecule has 0 aliphatic rings. The molecule has 23 heavy (non-hydrogen) atoms. The molecule has 0 saturated heterocycles. The molecule has 0 bridgehead atoms. The average Bonchev–Trinajstić information content (AvgIpc) is 2.58. The number of ether oxygens (including phenoxy) is 2. The highest BCUT2D eigenvalue weighted by Gasteiger charge is 2.16. The second-order valence-corrected chi connectivity index (χ2v) is 5.03. The van der Waals surface area contributed by atoms with Gasteiger partial charge < -0.3 is 14.5 Å². The van der Waals surface area contributed by atoms with E-state index in [4.69, 9.17) is 9.47 Å². The van der Waals surface area contributed by atoms with Gasteiger partial charge in [-0.3, -0.25) is 9.36 Å². The van der Waals surface area contributed by atoms with Crippen LogP contribution in [0.5, 0.6) is 11.5 Å². The Balaban J connectivity index is 2.27. The lowest BCUT2D eigenvalue weighted by molar-refractivity contribution is 0.358. The van der Waals surface area contributed by atoms with Gasteiger partial charge in [0, 0.05) is 0 Å². The van der Waals surface area contributed by atoms with E-state index in [2.05, 4.69) is 4.98 Å². The summed E-state index contributed by atoms with van der Waals surface area (Å²) >= 11 is 0. The normalized spacial score (nSPS) is 10.7. The van der Waals surface area contributed by atoms with Gasteiger partial charge in [-0.2, -0.15) is 0 Å². The van der Waals surface area contributed by atoms with E-state index in [1.165, 1.54) is 14.2 Å². The van der Waals surface area contributed by atoms with Crippen LogP contribution in [-0.4, -0.2) is 23.8 Å². The van der Waals surface area contributed by atoms with Crippen molar-refractivity contribution in [2.24, 2.45) is 0 Å². The molecule has 0 amide bonds.